The molecule has 0 fully saturated rings. The van der Waals surface area contributed by atoms with Crippen molar-refractivity contribution >= 4 is 8.07 Å². The summed E-state index contributed by atoms with van der Waals surface area (Å²) in [4.78, 5) is 49.4. The molecule has 22 heteroatoms. The zero-order valence-corrected chi connectivity index (χ0v) is 68.6. The molecule has 0 spiro atoms. The van der Waals surface area contributed by atoms with Crippen molar-refractivity contribution in [3.63, 3.8) is 0 Å². The molecular weight excluding hydrogens is 1460 g/mol. The Bertz CT molecular complexity index is 4720. The zero-order chi connectivity index (χ0) is 87.9. The molecule has 6 aromatic carbocycles. The Balaban J connectivity index is -0.00000125. The first-order valence-corrected chi connectivity index (χ1v) is 38.7. The molecule has 0 aliphatic carbocycles. The van der Waals surface area contributed by atoms with E-state index in [1.165, 1.54) is 22.8 Å². The van der Waals surface area contributed by atoms with Crippen LogP contribution in [0.25, 0.3) is 0 Å². The third kappa shape index (κ3) is 60.0. The van der Waals surface area contributed by atoms with Crippen molar-refractivity contribution in [1.82, 2.24) is 16.0 Å². The number of nitrogens with two attached hydrogens (primary N) is 3. The lowest BCUT2D eigenvalue weighted by molar-refractivity contribution is -0.496. The molecule has 0 aliphatic rings. The van der Waals surface area contributed by atoms with Crippen LogP contribution >= 0.6 is 0 Å². The summed E-state index contributed by atoms with van der Waals surface area (Å²) >= 11 is 0. The smallest absolute Gasteiger partial charge is 0.228 e. The Morgan fingerprint density at radius 1 is 0.470 bits per heavy atom. The highest BCUT2D eigenvalue weighted by Gasteiger charge is 2.07. The molecular formula is C93H109N11O10Si. The van der Waals surface area contributed by atoms with Crippen LogP contribution in [0.2, 0.25) is 19.6 Å². The molecule has 0 saturated carbocycles. The molecule has 6 rings (SSSR count). The van der Waals surface area contributed by atoms with Crippen LogP contribution in [0, 0.1) is 125 Å². The molecule has 0 heterocycles. The van der Waals surface area contributed by atoms with E-state index in [9.17, 15) is 50.6 Å². The summed E-state index contributed by atoms with van der Waals surface area (Å²) in [5.41, 5.74) is 37.0. The highest BCUT2D eigenvalue weighted by molar-refractivity contribution is 6.83. The fourth-order valence-corrected chi connectivity index (χ4v) is 8.19. The number of aryl methyl sites for hydroxylation is 3. The van der Waals surface area contributed by atoms with E-state index >= 15 is 0 Å². The van der Waals surface area contributed by atoms with Gasteiger partial charge in [0, 0.05) is 142 Å². The third-order valence-corrected chi connectivity index (χ3v) is 14.6. The van der Waals surface area contributed by atoms with Gasteiger partial charge in [0.2, 0.25) is 32.7 Å². The lowest BCUT2D eigenvalue weighted by Crippen LogP contribution is -2.15. The first kappa shape index (κ1) is 105. The zero-order valence-electron chi connectivity index (χ0n) is 67.6. The Kier molecular flexibility index (Phi) is 56.5. The van der Waals surface area contributed by atoms with Gasteiger partial charge in [0.25, 0.3) is 0 Å². The molecule has 9 N–H and O–H groups in total. The van der Waals surface area contributed by atoms with Crippen LogP contribution < -0.4 is 33.2 Å². The predicted molar refractivity (Wildman–Crippen MR) is 479 cm³/mol. The molecule has 0 unspecified atom stereocenters. The van der Waals surface area contributed by atoms with Crippen molar-refractivity contribution in [3.8, 4) is 60.3 Å². The second-order valence-electron chi connectivity index (χ2n) is 25.2. The molecule has 0 aromatic heterocycles. The molecule has 0 bridgehead atoms. The van der Waals surface area contributed by atoms with Crippen molar-refractivity contribution in [1.29, 1.82) is 0 Å². The van der Waals surface area contributed by atoms with E-state index in [0.29, 0.717) is 56.9 Å². The van der Waals surface area contributed by atoms with Gasteiger partial charge in [0.1, 0.15) is 8.07 Å². The molecule has 600 valence electrons. The average Bonchev–Trinajstić information content (AvgIpc) is 0.916. The summed E-state index contributed by atoms with van der Waals surface area (Å²) in [5.74, 6) is 16.4. The summed E-state index contributed by atoms with van der Waals surface area (Å²) in [6.45, 7) is 48.8. The fraction of sp³-hybridized carbons (Fsp3) is 0.183. The summed E-state index contributed by atoms with van der Waals surface area (Å²) in [6.07, 6.45) is 34.5. The number of hydrogen-bond donors (Lipinski definition) is 6. The van der Waals surface area contributed by atoms with Crippen LogP contribution in [-0.2, 0) is 45.7 Å². The molecule has 0 amide bonds. The van der Waals surface area contributed by atoms with Gasteiger partial charge in [-0.3, -0.25) is 50.6 Å². The first-order chi connectivity index (χ1) is 54.3. The van der Waals surface area contributed by atoms with Gasteiger partial charge < -0.3 is 33.2 Å². The topological polar surface area (TPSA) is 330 Å². The number of allylic oxidation sites excluding steroid dienone is 15. The second kappa shape index (κ2) is 62.2. The second-order valence-corrected chi connectivity index (χ2v) is 30.0. The quantitative estimate of drug-likeness (QED) is 0.00917. The van der Waals surface area contributed by atoms with E-state index < -0.39 is 8.07 Å². The Morgan fingerprint density at radius 2 is 0.835 bits per heavy atom. The number of terminal acetylenes is 3. The first-order valence-electron chi connectivity index (χ1n) is 35.2. The minimum Gasteiger partial charge on any atom is -0.399 e. The van der Waals surface area contributed by atoms with Crippen molar-refractivity contribution in [2.24, 2.45) is 17.2 Å². The molecule has 0 radical (unpaired) electrons. The number of likely N-dealkylation sites (N-methyl/N-ethyl adjacent to an activating group) is 3. The maximum absolute atomic E-state index is 10.5. The maximum Gasteiger partial charge on any atom is 0.228 e. The summed E-state index contributed by atoms with van der Waals surface area (Å²) in [6, 6.07) is 43.7. The van der Waals surface area contributed by atoms with Crippen LogP contribution in [0.5, 0.6) is 0 Å². The number of rotatable bonds is 27. The van der Waals surface area contributed by atoms with Crippen LogP contribution in [0.4, 0.5) is 0 Å². The van der Waals surface area contributed by atoms with Gasteiger partial charge in [-0.1, -0.05) is 253 Å². The van der Waals surface area contributed by atoms with Crippen molar-refractivity contribution in [3.05, 3.63) is 446 Å². The minimum absolute atomic E-state index is 0.0817. The number of nitrogens with one attached hydrogen (secondary N) is 3. The molecule has 0 atom stereocenters. The van der Waals surface area contributed by atoms with E-state index in [2.05, 4.69) is 167 Å². The van der Waals surface area contributed by atoms with Crippen LogP contribution in [0.15, 0.2) is 328 Å². The Hall–Kier alpha value is -14.6. The largest absolute Gasteiger partial charge is 0.399 e. The van der Waals surface area contributed by atoms with Crippen molar-refractivity contribution < 1.29 is 24.6 Å². The fourth-order valence-electron chi connectivity index (χ4n) is 8.19. The van der Waals surface area contributed by atoms with Gasteiger partial charge in [-0.15, -0.1) is 24.8 Å². The average molecular weight is 1570 g/mol. The van der Waals surface area contributed by atoms with Gasteiger partial charge in [0.15, 0.2) is 0 Å². The SMILES string of the molecule is C#CC(=C)C=C(N)C=C.C#C[Si](C)(C)C.C#Cc1cccc(C[N+](=O)[O-])c1.C=CC(=CC(=C)C)NC.C=CC(=CC(=C)NC)CCc1cccc(CN)c1.C=CC(C#Cc1cccc(C[N+](=O)[O-])c1)=CC(=C)N.C=CC(C#Cc1cccc(C[N+](=O)[O-])c1)=CC(=C)NC.Cc1cccc(C[N+](=O)[O-])c1.Cc1cccc(C[N+](=O)[O-])c1. The van der Waals surface area contributed by atoms with Gasteiger partial charge in [-0.05, 0) is 141 Å². The maximum atomic E-state index is 10.5. The number of benzene rings is 6. The number of nitro groups is 5. The lowest BCUT2D eigenvalue weighted by Gasteiger charge is -2.06. The molecule has 21 nitrogen and oxygen atoms in total. The normalized spacial score (nSPS) is 10.1. The summed E-state index contributed by atoms with van der Waals surface area (Å²) in [7, 11) is 4.39. The summed E-state index contributed by atoms with van der Waals surface area (Å²) < 4.78 is 0. The van der Waals surface area contributed by atoms with Crippen LogP contribution in [-0.4, -0.2) is 53.8 Å². The lowest BCUT2D eigenvalue weighted by atomic mass is 10.0. The third-order valence-electron chi connectivity index (χ3n) is 13.8. The number of nitrogens with zero attached hydrogens (tertiary/aromatic N) is 5. The predicted octanol–water partition coefficient (Wildman–Crippen LogP) is 17.5. The number of hydrogen-bond acceptors (Lipinski definition) is 16. The van der Waals surface area contributed by atoms with Gasteiger partial charge >= 0.3 is 0 Å². The van der Waals surface area contributed by atoms with Gasteiger partial charge in [-0.25, -0.2) is 0 Å². The molecule has 115 heavy (non-hydrogen) atoms. The Morgan fingerprint density at radius 3 is 1.15 bits per heavy atom. The Labute approximate surface area is 682 Å². The summed E-state index contributed by atoms with van der Waals surface area (Å²) in [5, 5.41) is 60.1. The van der Waals surface area contributed by atoms with Gasteiger partial charge in [0.05, 0.1) is 0 Å². The highest BCUT2D eigenvalue weighted by Crippen LogP contribution is 2.15. The van der Waals surface area contributed by atoms with E-state index in [-0.39, 0.29) is 57.3 Å². The minimum atomic E-state index is -1.10. The van der Waals surface area contributed by atoms with E-state index in [1.807, 2.05) is 95.6 Å². The highest BCUT2D eigenvalue weighted by atomic mass is 28.3. The molecule has 0 saturated heterocycles. The van der Waals surface area contributed by atoms with Crippen LogP contribution in [0.1, 0.15) is 80.1 Å². The van der Waals surface area contributed by atoms with Crippen LogP contribution in [0.3, 0.4) is 0 Å². The van der Waals surface area contributed by atoms with Crippen molar-refractivity contribution in [2.45, 2.75) is 92.5 Å². The standard InChI is InChI=1S/C16H16N2O2.C16H22N2.C15H14N2O2.C9H7NO2.2C8H9NO2.C8H13N.C8H9N.C5H10Si/c1-4-14(10-13(2)17-3)8-9-15-6-5-7-16(11-15)12-18(19)20;1-4-14(10-13(2)18-3)8-9-15-6-5-7-16(11-15)12-17;1-3-13(9-12(2)16)7-8-14-5-4-6-15(10-14)11-17(18)19;1-2-8-4-3-5-9(6-8)7-10(11)12;2*1-7-3-2-4-8(5-7)6-9(10)11;1-5-8(9-4)6-7(2)3;1-4-7(3)6-8(9)5-2;1-5-6(2,3)4/h4-7,10-11,17H,1-2,12H2,3H3;4-7,10-11,18H,1-2,8-9,12,17H2,3H3;3-6,9-10H,1-2,11,16H2;1,3-6H,7H2;2*2-5H,6H2,1H3;5-6,9H,1-2H2,3-4H3;1,5-6H,2-3,9H2;1H,2-4H3. The molecule has 0 aliphatic heterocycles. The van der Waals surface area contributed by atoms with E-state index in [4.69, 9.17) is 36.5 Å². The molecule has 6 aromatic rings. The van der Waals surface area contributed by atoms with E-state index in [0.717, 1.165) is 68.9 Å². The monoisotopic (exact) mass is 1570 g/mol. The van der Waals surface area contributed by atoms with Crippen molar-refractivity contribution in [2.75, 3.05) is 21.1 Å². The van der Waals surface area contributed by atoms with E-state index in [1.54, 1.807) is 122 Å². The van der Waals surface area contributed by atoms with Gasteiger partial charge in [-0.2, -0.15) is 0 Å².